The molecular formula is C25H30N2O6S. The van der Waals surface area contributed by atoms with E-state index in [1.165, 1.54) is 21.3 Å². The van der Waals surface area contributed by atoms with Gasteiger partial charge in [0.1, 0.15) is 0 Å². The first-order valence-corrected chi connectivity index (χ1v) is 12.7. The predicted octanol–water partition coefficient (Wildman–Crippen LogP) is 4.89. The molecule has 9 heteroatoms. The number of rotatable bonds is 7. The van der Waals surface area contributed by atoms with Crippen molar-refractivity contribution in [2.75, 3.05) is 39.3 Å². The molecule has 0 N–H and O–H groups in total. The molecule has 0 amide bonds. The Balaban J connectivity index is 1.89. The normalized spacial score (nSPS) is 14.5. The van der Waals surface area contributed by atoms with Gasteiger partial charge in [-0.2, -0.15) is 4.98 Å². The minimum absolute atomic E-state index is 0.0815. The van der Waals surface area contributed by atoms with Crippen LogP contribution >= 0.6 is 0 Å². The van der Waals surface area contributed by atoms with E-state index in [-0.39, 0.29) is 21.7 Å². The highest BCUT2D eigenvalue weighted by atomic mass is 32.2. The third-order valence-electron chi connectivity index (χ3n) is 5.97. The molecule has 182 valence electrons. The SMILES string of the molecule is COc1cc(-c2nc(S(=O)(=O)c3ccc(C)cc3)c(N3CCCCCC3)o2)cc(OC)c1OC. The topological polar surface area (TPSA) is 91.1 Å². The zero-order valence-corrected chi connectivity index (χ0v) is 20.8. The van der Waals surface area contributed by atoms with Gasteiger partial charge in [0.25, 0.3) is 0 Å². The van der Waals surface area contributed by atoms with E-state index in [0.29, 0.717) is 35.9 Å². The van der Waals surface area contributed by atoms with Crippen molar-refractivity contribution in [2.24, 2.45) is 0 Å². The molecule has 0 radical (unpaired) electrons. The molecule has 0 unspecified atom stereocenters. The van der Waals surface area contributed by atoms with E-state index in [4.69, 9.17) is 18.6 Å². The summed E-state index contributed by atoms with van der Waals surface area (Å²) in [5, 5.41) is -0.0815. The van der Waals surface area contributed by atoms with Gasteiger partial charge in [0.2, 0.25) is 32.4 Å². The third kappa shape index (κ3) is 4.57. The highest BCUT2D eigenvalue weighted by molar-refractivity contribution is 7.91. The number of methoxy groups -OCH3 is 3. The molecule has 1 aliphatic heterocycles. The molecule has 0 aliphatic carbocycles. The Bertz CT molecular complexity index is 1220. The van der Waals surface area contributed by atoms with Gasteiger partial charge < -0.3 is 23.5 Å². The summed E-state index contributed by atoms with van der Waals surface area (Å²) in [6.45, 7) is 3.33. The summed E-state index contributed by atoms with van der Waals surface area (Å²) >= 11 is 0. The van der Waals surface area contributed by atoms with Crippen molar-refractivity contribution in [1.29, 1.82) is 0 Å². The standard InChI is InChI=1S/C25H30N2O6S/c1-17-9-11-19(12-10-17)34(28,29)24-25(27-13-7-5-6-8-14-27)33-23(26-24)18-15-20(30-2)22(32-4)21(16-18)31-3/h9-12,15-16H,5-8,13-14H2,1-4H3. The quantitative estimate of drug-likeness (QED) is 0.466. The monoisotopic (exact) mass is 486 g/mol. The molecule has 4 rings (SSSR count). The van der Waals surface area contributed by atoms with Crippen LogP contribution in [0.5, 0.6) is 17.2 Å². The van der Waals surface area contributed by atoms with Gasteiger partial charge >= 0.3 is 0 Å². The van der Waals surface area contributed by atoms with Crippen LogP contribution in [0.4, 0.5) is 5.88 Å². The number of aromatic nitrogens is 1. The molecule has 8 nitrogen and oxygen atoms in total. The summed E-state index contributed by atoms with van der Waals surface area (Å²) < 4.78 is 49.8. The van der Waals surface area contributed by atoms with E-state index in [2.05, 4.69) is 4.98 Å². The maximum Gasteiger partial charge on any atom is 0.236 e. The van der Waals surface area contributed by atoms with E-state index in [1.807, 2.05) is 11.8 Å². The maximum atomic E-state index is 13.7. The van der Waals surface area contributed by atoms with Crippen LogP contribution in [0.3, 0.4) is 0 Å². The number of nitrogens with zero attached hydrogens (tertiary/aromatic N) is 2. The Kier molecular flexibility index (Phi) is 7.02. The molecule has 0 atom stereocenters. The summed E-state index contributed by atoms with van der Waals surface area (Å²) in [7, 11) is 0.651. The summed E-state index contributed by atoms with van der Waals surface area (Å²) in [6.07, 6.45) is 4.13. The first-order chi connectivity index (χ1) is 16.4. The molecular weight excluding hydrogens is 456 g/mol. The van der Waals surface area contributed by atoms with E-state index in [1.54, 1.807) is 36.4 Å². The van der Waals surface area contributed by atoms with Crippen LogP contribution in [-0.2, 0) is 9.84 Å². The van der Waals surface area contributed by atoms with Crippen LogP contribution in [0.15, 0.2) is 50.7 Å². The number of oxazole rings is 1. The molecule has 1 fully saturated rings. The lowest BCUT2D eigenvalue weighted by Crippen LogP contribution is -2.25. The zero-order valence-electron chi connectivity index (χ0n) is 20.0. The van der Waals surface area contributed by atoms with Crippen molar-refractivity contribution < 1.29 is 27.0 Å². The van der Waals surface area contributed by atoms with Crippen molar-refractivity contribution in [3.63, 3.8) is 0 Å². The van der Waals surface area contributed by atoms with Gasteiger partial charge in [-0.15, -0.1) is 0 Å². The number of sulfone groups is 1. The van der Waals surface area contributed by atoms with Crippen molar-refractivity contribution in [1.82, 2.24) is 4.98 Å². The van der Waals surface area contributed by atoms with Crippen molar-refractivity contribution in [3.05, 3.63) is 42.0 Å². The smallest absolute Gasteiger partial charge is 0.236 e. The number of hydrogen-bond acceptors (Lipinski definition) is 8. The molecule has 34 heavy (non-hydrogen) atoms. The summed E-state index contributed by atoms with van der Waals surface area (Å²) in [6, 6.07) is 10.1. The second-order valence-corrected chi connectivity index (χ2v) is 10.1. The maximum absolute atomic E-state index is 13.7. The molecule has 2 aromatic carbocycles. The van der Waals surface area contributed by atoms with Gasteiger partial charge in [0, 0.05) is 18.7 Å². The fourth-order valence-electron chi connectivity index (χ4n) is 4.10. The number of aryl methyl sites for hydroxylation is 1. The Labute approximate surface area is 200 Å². The second kappa shape index (κ2) is 9.97. The predicted molar refractivity (Wildman–Crippen MR) is 129 cm³/mol. The third-order valence-corrected chi connectivity index (χ3v) is 7.64. The van der Waals surface area contributed by atoms with E-state index >= 15 is 0 Å². The fourth-order valence-corrected chi connectivity index (χ4v) is 5.43. The Morgan fingerprint density at radius 3 is 2.00 bits per heavy atom. The van der Waals surface area contributed by atoms with Gasteiger partial charge in [-0.1, -0.05) is 30.5 Å². The molecule has 3 aromatic rings. The summed E-state index contributed by atoms with van der Waals surface area (Å²) in [5.41, 5.74) is 1.50. The number of hydrogen-bond donors (Lipinski definition) is 0. The first kappa shape index (κ1) is 23.9. The van der Waals surface area contributed by atoms with Crippen LogP contribution in [0, 0.1) is 6.92 Å². The Morgan fingerprint density at radius 2 is 1.47 bits per heavy atom. The fraction of sp³-hybridized carbons (Fsp3) is 0.400. The Morgan fingerprint density at radius 1 is 0.882 bits per heavy atom. The van der Waals surface area contributed by atoms with Crippen LogP contribution < -0.4 is 19.1 Å². The van der Waals surface area contributed by atoms with Gasteiger partial charge in [-0.05, 0) is 44.0 Å². The van der Waals surface area contributed by atoms with Gasteiger partial charge in [0.15, 0.2) is 11.5 Å². The minimum Gasteiger partial charge on any atom is -0.493 e. The van der Waals surface area contributed by atoms with Crippen LogP contribution in [0.2, 0.25) is 0 Å². The molecule has 0 bridgehead atoms. The highest BCUT2D eigenvalue weighted by Crippen LogP contribution is 2.43. The minimum atomic E-state index is -3.91. The van der Waals surface area contributed by atoms with E-state index in [9.17, 15) is 8.42 Å². The first-order valence-electron chi connectivity index (χ1n) is 11.3. The van der Waals surface area contributed by atoms with Crippen LogP contribution in [-0.4, -0.2) is 47.8 Å². The van der Waals surface area contributed by atoms with Crippen molar-refractivity contribution in [2.45, 2.75) is 42.5 Å². The second-order valence-electron chi connectivity index (χ2n) is 8.26. The zero-order chi connectivity index (χ0) is 24.3. The van der Waals surface area contributed by atoms with Crippen LogP contribution in [0.25, 0.3) is 11.5 Å². The van der Waals surface area contributed by atoms with Gasteiger partial charge in [-0.25, -0.2) is 8.42 Å². The molecule has 1 aromatic heterocycles. The van der Waals surface area contributed by atoms with Gasteiger partial charge in [0.05, 0.1) is 26.2 Å². The molecule has 0 saturated carbocycles. The lowest BCUT2D eigenvalue weighted by Gasteiger charge is -2.20. The highest BCUT2D eigenvalue weighted by Gasteiger charge is 2.32. The van der Waals surface area contributed by atoms with E-state index < -0.39 is 9.84 Å². The lowest BCUT2D eigenvalue weighted by atomic mass is 10.2. The average molecular weight is 487 g/mol. The molecule has 1 aliphatic rings. The molecule has 1 saturated heterocycles. The average Bonchev–Trinajstić information content (AvgIpc) is 3.13. The Hall–Kier alpha value is -3.20. The number of ether oxygens (including phenoxy) is 3. The largest absolute Gasteiger partial charge is 0.493 e. The van der Waals surface area contributed by atoms with Crippen molar-refractivity contribution >= 4 is 15.7 Å². The summed E-state index contributed by atoms with van der Waals surface area (Å²) in [5.74, 6) is 1.72. The molecule has 0 spiro atoms. The van der Waals surface area contributed by atoms with E-state index in [0.717, 1.165) is 31.2 Å². The molecule has 2 heterocycles. The lowest BCUT2D eigenvalue weighted by molar-refractivity contribution is 0.324. The van der Waals surface area contributed by atoms with Crippen molar-refractivity contribution in [3.8, 4) is 28.7 Å². The summed E-state index contributed by atoms with van der Waals surface area (Å²) in [4.78, 5) is 6.68. The number of anilines is 1. The number of benzene rings is 2. The van der Waals surface area contributed by atoms with Crippen LogP contribution in [0.1, 0.15) is 31.2 Å². The van der Waals surface area contributed by atoms with Gasteiger partial charge in [-0.3, -0.25) is 0 Å².